The van der Waals surface area contributed by atoms with E-state index in [2.05, 4.69) is 92.6 Å². The van der Waals surface area contributed by atoms with Gasteiger partial charge in [-0.1, -0.05) is 0 Å². The van der Waals surface area contributed by atoms with E-state index in [-0.39, 0.29) is 5.41 Å². The summed E-state index contributed by atoms with van der Waals surface area (Å²) >= 11 is -2.08. The van der Waals surface area contributed by atoms with E-state index in [4.69, 9.17) is 9.40 Å². The molecule has 5 aromatic rings. The normalized spacial score (nSPS) is 12.8. The number of hydrogen-bond acceptors (Lipinski definition) is 2. The minimum absolute atomic E-state index is 0.0366. The van der Waals surface area contributed by atoms with Gasteiger partial charge in [-0.3, -0.25) is 0 Å². The number of furan rings is 1. The number of nitrogens with zero attached hydrogens (tertiary/aromatic N) is 1. The summed E-state index contributed by atoms with van der Waals surface area (Å²) < 4.78 is 7.87. The molecule has 2 aromatic heterocycles. The van der Waals surface area contributed by atoms with Crippen molar-refractivity contribution in [3.63, 3.8) is 0 Å². The van der Waals surface area contributed by atoms with E-state index in [1.165, 1.54) is 26.1 Å². The van der Waals surface area contributed by atoms with Crippen LogP contribution in [-0.4, -0.2) is 18.3 Å². The molecule has 0 spiro atoms. The van der Waals surface area contributed by atoms with Gasteiger partial charge in [0.15, 0.2) is 0 Å². The average Bonchev–Trinajstić information content (AvgIpc) is 3.10. The van der Waals surface area contributed by atoms with Crippen LogP contribution in [0.3, 0.4) is 0 Å². The van der Waals surface area contributed by atoms with Crippen LogP contribution in [0.5, 0.6) is 0 Å². The fraction of sp³-hybridized carbons (Fsp3) is 0.250. The second kappa shape index (κ2) is 6.96. The van der Waals surface area contributed by atoms with Crippen molar-refractivity contribution in [2.75, 3.05) is 0 Å². The van der Waals surface area contributed by atoms with Crippen molar-refractivity contribution in [2.45, 2.75) is 43.5 Å². The summed E-state index contributed by atoms with van der Waals surface area (Å²) in [6.07, 6.45) is 1.88. The zero-order valence-corrected chi connectivity index (χ0v) is 21.3. The molecule has 31 heavy (non-hydrogen) atoms. The Labute approximate surface area is 186 Å². The van der Waals surface area contributed by atoms with Gasteiger partial charge in [0.05, 0.1) is 0 Å². The van der Waals surface area contributed by atoms with Gasteiger partial charge >= 0.3 is 187 Å². The molecule has 0 atom stereocenters. The molecule has 0 bridgehead atoms. The predicted octanol–water partition coefficient (Wildman–Crippen LogP) is 7.64. The van der Waals surface area contributed by atoms with E-state index in [1.54, 1.807) is 0 Å². The first-order valence-electron chi connectivity index (χ1n) is 11.0. The van der Waals surface area contributed by atoms with Crippen LogP contribution in [0, 0.1) is 0 Å². The second-order valence-electron chi connectivity index (χ2n) is 10.6. The van der Waals surface area contributed by atoms with Crippen molar-refractivity contribution in [2.24, 2.45) is 0 Å². The molecule has 0 unspecified atom stereocenters. The summed E-state index contributed by atoms with van der Waals surface area (Å²) in [5.74, 6) is 7.25. The molecule has 0 saturated carbocycles. The van der Waals surface area contributed by atoms with Crippen molar-refractivity contribution in [1.82, 2.24) is 4.98 Å². The summed E-state index contributed by atoms with van der Waals surface area (Å²) in [6.45, 7) is 6.84. The quantitative estimate of drug-likeness (QED) is 0.249. The fourth-order valence-corrected chi connectivity index (χ4v) is 7.69. The third-order valence-corrected chi connectivity index (χ3v) is 10.4. The van der Waals surface area contributed by atoms with Crippen molar-refractivity contribution >= 4 is 50.4 Å². The molecular weight excluding hydrogens is 439 g/mol. The van der Waals surface area contributed by atoms with Crippen molar-refractivity contribution < 1.29 is 4.42 Å². The maximum atomic E-state index is 6.46. The summed E-state index contributed by atoms with van der Waals surface area (Å²) in [7, 11) is 0. The Bertz CT molecular complexity index is 1450. The average molecular weight is 468 g/mol. The van der Waals surface area contributed by atoms with Gasteiger partial charge in [-0.15, -0.1) is 0 Å². The van der Waals surface area contributed by atoms with Gasteiger partial charge in [-0.25, -0.2) is 0 Å². The first kappa shape index (κ1) is 20.3. The molecule has 0 saturated heterocycles. The number of aromatic nitrogens is 1. The molecule has 2 nitrogen and oxygen atoms in total. The third kappa shape index (κ3) is 3.38. The van der Waals surface area contributed by atoms with Crippen molar-refractivity contribution in [3.05, 3.63) is 72.4 Å². The second-order valence-corrected chi connectivity index (χ2v) is 21.1. The topological polar surface area (TPSA) is 26.0 Å². The monoisotopic (exact) mass is 469 g/mol. The van der Waals surface area contributed by atoms with Gasteiger partial charge in [-0.2, -0.15) is 0 Å². The van der Waals surface area contributed by atoms with Crippen LogP contribution in [0.4, 0.5) is 0 Å². The van der Waals surface area contributed by atoms with Gasteiger partial charge in [0, 0.05) is 0 Å². The summed E-state index contributed by atoms with van der Waals surface area (Å²) in [5.41, 5.74) is 5.51. The first-order valence-corrected chi connectivity index (χ1v) is 18.3. The number of fused-ring (bicyclic) bond motifs is 4. The van der Waals surface area contributed by atoms with E-state index in [9.17, 15) is 0 Å². The number of hydrogen-bond donors (Lipinski definition) is 0. The van der Waals surface area contributed by atoms with Crippen molar-refractivity contribution in [1.29, 1.82) is 0 Å². The Morgan fingerprint density at radius 2 is 1.58 bits per heavy atom. The third-order valence-electron chi connectivity index (χ3n) is 6.16. The molecule has 5 rings (SSSR count). The van der Waals surface area contributed by atoms with E-state index in [0.29, 0.717) is 0 Å². The van der Waals surface area contributed by atoms with Crippen LogP contribution in [-0.2, 0) is 5.41 Å². The predicted molar refractivity (Wildman–Crippen MR) is 136 cm³/mol. The molecule has 0 aliphatic heterocycles. The van der Waals surface area contributed by atoms with Gasteiger partial charge in [-0.05, 0) is 0 Å². The van der Waals surface area contributed by atoms with Gasteiger partial charge < -0.3 is 0 Å². The van der Waals surface area contributed by atoms with Crippen LogP contribution in [0.2, 0.25) is 17.3 Å². The Balaban J connectivity index is 1.87. The summed E-state index contributed by atoms with van der Waals surface area (Å²) in [5, 5.41) is 4.87. The Morgan fingerprint density at radius 1 is 0.839 bits per heavy atom. The van der Waals surface area contributed by atoms with Crippen molar-refractivity contribution in [3.8, 4) is 11.3 Å². The van der Waals surface area contributed by atoms with Crippen LogP contribution in [0.25, 0.3) is 44.0 Å². The van der Waals surface area contributed by atoms with Crippen LogP contribution in [0.15, 0.2) is 71.3 Å². The van der Waals surface area contributed by atoms with E-state index < -0.39 is 13.3 Å². The molecule has 0 amide bonds. The Kier molecular flexibility index (Phi) is 4.56. The molecule has 0 radical (unpaired) electrons. The number of pyridine rings is 1. The molecule has 3 heteroatoms. The van der Waals surface area contributed by atoms with Crippen LogP contribution < -0.4 is 4.40 Å². The maximum absolute atomic E-state index is 6.46. The number of para-hydroxylation sites is 1. The number of benzene rings is 3. The van der Waals surface area contributed by atoms with E-state index in [1.807, 2.05) is 12.3 Å². The Morgan fingerprint density at radius 3 is 2.32 bits per heavy atom. The zero-order valence-electron chi connectivity index (χ0n) is 19.2. The fourth-order valence-electron chi connectivity index (χ4n) is 4.62. The SMILES string of the molecule is CC(C)(C)c1cc(-c2nccc3oc4[c]([Ge]([CH3])([CH3])[CH3])cccc4c23)cc2ccccc12. The standard InChI is InChI=1S/C28H29GeNO/c1-28(2,3)22-17-19(16-18-10-7-8-11-20(18)22)26-25-21-12-9-13-23(29(4,5)6)27(21)31-24(25)14-15-30-26/h7-17H,1-6H3. The van der Waals surface area contributed by atoms with Gasteiger partial charge in [0.1, 0.15) is 0 Å². The Hall–Kier alpha value is -2.59. The molecule has 2 heterocycles. The summed E-state index contributed by atoms with van der Waals surface area (Å²) in [4.78, 5) is 4.88. The molecule has 0 aliphatic carbocycles. The van der Waals surface area contributed by atoms with Crippen LogP contribution >= 0.6 is 0 Å². The van der Waals surface area contributed by atoms with E-state index in [0.717, 1.165) is 27.8 Å². The molecule has 0 fully saturated rings. The van der Waals surface area contributed by atoms with E-state index >= 15 is 0 Å². The number of rotatable bonds is 2. The minimum atomic E-state index is -2.08. The molecule has 0 N–H and O–H groups in total. The zero-order chi connectivity index (χ0) is 22.0. The molecule has 156 valence electrons. The van der Waals surface area contributed by atoms with Gasteiger partial charge in [0.25, 0.3) is 0 Å². The molecule has 0 aliphatic rings. The molecule has 3 aromatic carbocycles. The first-order chi connectivity index (χ1) is 14.6. The van der Waals surface area contributed by atoms with Gasteiger partial charge in [0.2, 0.25) is 0 Å². The molecular formula is C28H29GeNO. The summed E-state index contributed by atoms with van der Waals surface area (Å²) in [6, 6.07) is 21.9. The van der Waals surface area contributed by atoms with Crippen LogP contribution in [0.1, 0.15) is 26.3 Å².